The Bertz CT molecular complexity index is 104. The van der Waals surface area contributed by atoms with Gasteiger partial charge in [-0.1, -0.05) is 6.92 Å². The summed E-state index contributed by atoms with van der Waals surface area (Å²) in [6.07, 6.45) is 0.770. The van der Waals surface area contributed by atoms with E-state index in [2.05, 4.69) is 5.32 Å². The van der Waals surface area contributed by atoms with Crippen LogP contribution in [0.5, 0.6) is 0 Å². The summed E-state index contributed by atoms with van der Waals surface area (Å²) in [4.78, 5) is 11.0. The third kappa shape index (κ3) is 3.45. The van der Waals surface area contributed by atoms with Crippen molar-refractivity contribution in [3.8, 4) is 0 Å². The van der Waals surface area contributed by atoms with Gasteiger partial charge in [-0.15, -0.1) is 0 Å². The summed E-state index contributed by atoms with van der Waals surface area (Å²) in [6, 6.07) is 0. The number of nitrogens with one attached hydrogen (secondary N) is 1. The van der Waals surface area contributed by atoms with Crippen molar-refractivity contribution in [1.82, 2.24) is 5.32 Å². The first-order chi connectivity index (χ1) is 4.72. The highest BCUT2D eigenvalue weighted by Gasteiger charge is 2.09. The second-order valence-corrected chi connectivity index (χ2v) is 2.37. The summed E-state index contributed by atoms with van der Waals surface area (Å²) in [6.45, 7) is 5.08. The van der Waals surface area contributed by atoms with Crippen molar-refractivity contribution in [1.29, 1.82) is 0 Å². The average molecular weight is 144 g/mol. The largest absolute Gasteiger partial charge is 0.356 e. The van der Waals surface area contributed by atoms with E-state index >= 15 is 0 Å². The Labute approximate surface area is 62.0 Å². The SMILES string of the molecule is CCNC(=O)C(C)CCN. The number of rotatable bonds is 4. The number of carbonyl (C=O) groups is 1. The quantitative estimate of drug-likeness (QED) is 0.588. The molecule has 0 spiro atoms. The van der Waals surface area contributed by atoms with Crippen molar-refractivity contribution in [2.24, 2.45) is 11.7 Å². The summed E-state index contributed by atoms with van der Waals surface area (Å²) in [5.74, 6) is 0.165. The normalized spacial score (nSPS) is 12.7. The van der Waals surface area contributed by atoms with Gasteiger partial charge in [0.1, 0.15) is 0 Å². The fraction of sp³-hybridized carbons (Fsp3) is 0.857. The molecule has 0 fully saturated rings. The topological polar surface area (TPSA) is 55.1 Å². The molecular weight excluding hydrogens is 128 g/mol. The molecule has 60 valence electrons. The Hall–Kier alpha value is -0.570. The van der Waals surface area contributed by atoms with Crippen LogP contribution in [0.4, 0.5) is 0 Å². The Morgan fingerprint density at radius 3 is 2.70 bits per heavy atom. The molecule has 3 N–H and O–H groups in total. The van der Waals surface area contributed by atoms with Gasteiger partial charge in [0.25, 0.3) is 0 Å². The second-order valence-electron chi connectivity index (χ2n) is 2.37. The molecule has 0 aliphatic heterocycles. The third-order valence-electron chi connectivity index (χ3n) is 1.40. The van der Waals surface area contributed by atoms with Gasteiger partial charge in [-0.25, -0.2) is 0 Å². The second kappa shape index (κ2) is 5.23. The molecule has 10 heavy (non-hydrogen) atoms. The summed E-state index contributed by atoms with van der Waals surface area (Å²) in [7, 11) is 0. The molecule has 1 unspecified atom stereocenters. The standard InChI is InChI=1S/C7H16N2O/c1-3-9-7(10)6(2)4-5-8/h6H,3-5,8H2,1-2H3,(H,9,10). The van der Waals surface area contributed by atoms with Crippen LogP contribution in [0, 0.1) is 5.92 Å². The fourth-order valence-electron chi connectivity index (χ4n) is 0.730. The van der Waals surface area contributed by atoms with Gasteiger partial charge in [0.15, 0.2) is 0 Å². The van der Waals surface area contributed by atoms with Gasteiger partial charge in [-0.2, -0.15) is 0 Å². The van der Waals surface area contributed by atoms with Crippen LogP contribution >= 0.6 is 0 Å². The highest BCUT2D eigenvalue weighted by molar-refractivity contribution is 5.78. The number of amides is 1. The maximum atomic E-state index is 11.0. The minimum Gasteiger partial charge on any atom is -0.356 e. The van der Waals surface area contributed by atoms with E-state index in [-0.39, 0.29) is 11.8 Å². The molecule has 0 aromatic heterocycles. The lowest BCUT2D eigenvalue weighted by atomic mass is 10.1. The van der Waals surface area contributed by atoms with Crippen molar-refractivity contribution in [2.45, 2.75) is 20.3 Å². The Morgan fingerprint density at radius 2 is 2.30 bits per heavy atom. The lowest BCUT2D eigenvalue weighted by molar-refractivity contribution is -0.124. The molecule has 0 radical (unpaired) electrons. The predicted molar refractivity (Wildman–Crippen MR) is 41.5 cm³/mol. The van der Waals surface area contributed by atoms with Crippen molar-refractivity contribution < 1.29 is 4.79 Å². The van der Waals surface area contributed by atoms with Crippen LogP contribution < -0.4 is 11.1 Å². The zero-order chi connectivity index (χ0) is 7.98. The molecule has 1 atom stereocenters. The van der Waals surface area contributed by atoms with E-state index in [1.165, 1.54) is 0 Å². The van der Waals surface area contributed by atoms with E-state index < -0.39 is 0 Å². The summed E-state index contributed by atoms with van der Waals surface area (Å²) in [5, 5.41) is 2.74. The third-order valence-corrected chi connectivity index (χ3v) is 1.40. The zero-order valence-electron chi connectivity index (χ0n) is 6.68. The molecule has 0 rings (SSSR count). The predicted octanol–water partition coefficient (Wildman–Crippen LogP) is 0.107. The molecule has 0 aliphatic carbocycles. The maximum absolute atomic E-state index is 11.0. The molecular formula is C7H16N2O. The Balaban J connectivity index is 3.49. The minimum atomic E-state index is 0.0601. The van der Waals surface area contributed by atoms with Crippen LogP contribution in [0.1, 0.15) is 20.3 Å². The molecule has 1 amide bonds. The van der Waals surface area contributed by atoms with E-state index in [0.717, 1.165) is 6.42 Å². The summed E-state index contributed by atoms with van der Waals surface area (Å²) >= 11 is 0. The monoisotopic (exact) mass is 144 g/mol. The molecule has 0 saturated carbocycles. The highest BCUT2D eigenvalue weighted by atomic mass is 16.1. The van der Waals surface area contributed by atoms with E-state index in [0.29, 0.717) is 13.1 Å². The number of hydrogen-bond acceptors (Lipinski definition) is 2. The van der Waals surface area contributed by atoms with Gasteiger partial charge in [0.05, 0.1) is 0 Å². The van der Waals surface area contributed by atoms with Gasteiger partial charge in [-0.05, 0) is 19.9 Å². The van der Waals surface area contributed by atoms with Gasteiger partial charge < -0.3 is 11.1 Å². The molecule has 0 aliphatic rings. The molecule has 3 heteroatoms. The van der Waals surface area contributed by atoms with Crippen LogP contribution in [-0.2, 0) is 4.79 Å². The van der Waals surface area contributed by atoms with Gasteiger partial charge >= 0.3 is 0 Å². The van der Waals surface area contributed by atoms with Crippen LogP contribution in [0.25, 0.3) is 0 Å². The fourth-order valence-corrected chi connectivity index (χ4v) is 0.730. The van der Waals surface area contributed by atoms with E-state index in [9.17, 15) is 4.79 Å². The Morgan fingerprint density at radius 1 is 1.70 bits per heavy atom. The molecule has 0 saturated heterocycles. The molecule has 0 aromatic carbocycles. The summed E-state index contributed by atoms with van der Waals surface area (Å²) in [5.41, 5.74) is 5.28. The van der Waals surface area contributed by atoms with E-state index in [4.69, 9.17) is 5.73 Å². The van der Waals surface area contributed by atoms with Gasteiger partial charge in [-0.3, -0.25) is 4.79 Å². The van der Waals surface area contributed by atoms with Gasteiger partial charge in [0, 0.05) is 12.5 Å². The highest BCUT2D eigenvalue weighted by Crippen LogP contribution is 1.98. The lowest BCUT2D eigenvalue weighted by Crippen LogP contribution is -2.29. The van der Waals surface area contributed by atoms with Crippen molar-refractivity contribution in [3.05, 3.63) is 0 Å². The van der Waals surface area contributed by atoms with Crippen molar-refractivity contribution >= 4 is 5.91 Å². The molecule has 0 heterocycles. The number of nitrogens with two attached hydrogens (primary N) is 1. The van der Waals surface area contributed by atoms with Crippen LogP contribution in [0.3, 0.4) is 0 Å². The minimum absolute atomic E-state index is 0.0601. The van der Waals surface area contributed by atoms with E-state index in [1.807, 2.05) is 13.8 Å². The molecule has 3 nitrogen and oxygen atoms in total. The lowest BCUT2D eigenvalue weighted by Gasteiger charge is -2.08. The van der Waals surface area contributed by atoms with Crippen molar-refractivity contribution in [2.75, 3.05) is 13.1 Å². The van der Waals surface area contributed by atoms with E-state index in [1.54, 1.807) is 0 Å². The number of hydrogen-bond donors (Lipinski definition) is 2. The molecule has 0 bridgehead atoms. The average Bonchev–Trinajstić information content (AvgIpc) is 1.89. The first-order valence-electron chi connectivity index (χ1n) is 3.70. The van der Waals surface area contributed by atoms with Crippen LogP contribution in [-0.4, -0.2) is 19.0 Å². The first kappa shape index (κ1) is 9.43. The number of carbonyl (C=O) groups excluding carboxylic acids is 1. The van der Waals surface area contributed by atoms with Crippen molar-refractivity contribution in [3.63, 3.8) is 0 Å². The summed E-state index contributed by atoms with van der Waals surface area (Å²) < 4.78 is 0. The Kier molecular flexibility index (Phi) is 4.94. The zero-order valence-corrected chi connectivity index (χ0v) is 6.68. The first-order valence-corrected chi connectivity index (χ1v) is 3.70. The van der Waals surface area contributed by atoms with Crippen LogP contribution in [0.2, 0.25) is 0 Å². The maximum Gasteiger partial charge on any atom is 0.222 e. The van der Waals surface area contributed by atoms with Gasteiger partial charge in [0.2, 0.25) is 5.91 Å². The molecule has 0 aromatic rings. The van der Waals surface area contributed by atoms with Crippen LogP contribution in [0.15, 0.2) is 0 Å². The smallest absolute Gasteiger partial charge is 0.222 e.